The molecular formula is C10H17P. The summed E-state index contributed by atoms with van der Waals surface area (Å²) < 4.78 is 0. The third-order valence-corrected chi connectivity index (χ3v) is 4.81. The normalized spacial score (nSPS) is 22.1. The second-order valence-electron chi connectivity index (χ2n) is 3.44. The van der Waals surface area contributed by atoms with E-state index in [2.05, 4.69) is 34.6 Å². The van der Waals surface area contributed by atoms with Crippen molar-refractivity contribution in [2.45, 2.75) is 34.6 Å². The molecule has 0 aliphatic carbocycles. The molecule has 0 radical (unpaired) electrons. The van der Waals surface area contributed by atoms with E-state index in [1.165, 1.54) is 17.3 Å². The van der Waals surface area contributed by atoms with Crippen LogP contribution in [0.3, 0.4) is 0 Å². The van der Waals surface area contributed by atoms with Crippen LogP contribution in [0.5, 0.6) is 0 Å². The fraction of sp³-hybridized carbons (Fsp3) is 0.600. The van der Waals surface area contributed by atoms with Crippen molar-refractivity contribution in [1.29, 1.82) is 0 Å². The topological polar surface area (TPSA) is 0 Å². The first-order valence-electron chi connectivity index (χ1n) is 4.22. The van der Waals surface area contributed by atoms with Crippen molar-refractivity contribution in [2.75, 3.05) is 6.16 Å². The van der Waals surface area contributed by atoms with Crippen LogP contribution in [-0.4, -0.2) is 6.16 Å². The van der Waals surface area contributed by atoms with Gasteiger partial charge in [0, 0.05) is 0 Å². The van der Waals surface area contributed by atoms with E-state index in [9.17, 15) is 0 Å². The summed E-state index contributed by atoms with van der Waals surface area (Å²) in [5, 5.41) is 3.39. The zero-order valence-corrected chi connectivity index (χ0v) is 9.05. The molecule has 0 saturated carbocycles. The maximum Gasteiger partial charge on any atom is -0.0129 e. The van der Waals surface area contributed by atoms with Gasteiger partial charge in [-0.25, -0.2) is 0 Å². The highest BCUT2D eigenvalue weighted by atomic mass is 31.1. The van der Waals surface area contributed by atoms with Gasteiger partial charge in [0.25, 0.3) is 0 Å². The Kier molecular flexibility index (Phi) is 2.54. The Bertz CT molecular complexity index is 201. The van der Waals surface area contributed by atoms with Crippen LogP contribution < -0.4 is 0 Å². The van der Waals surface area contributed by atoms with Crippen LogP contribution in [0.2, 0.25) is 0 Å². The first-order valence-corrected chi connectivity index (χ1v) is 5.75. The molecule has 1 rings (SSSR count). The summed E-state index contributed by atoms with van der Waals surface area (Å²) in [5.41, 5.74) is 3.07. The SMILES string of the molecule is CCP1C(=C(C)C)C1=C(C)C. The molecular weight excluding hydrogens is 151 g/mol. The average molecular weight is 168 g/mol. The quantitative estimate of drug-likeness (QED) is 0.517. The van der Waals surface area contributed by atoms with Crippen LogP contribution >= 0.6 is 7.92 Å². The van der Waals surface area contributed by atoms with Gasteiger partial charge in [0.1, 0.15) is 0 Å². The van der Waals surface area contributed by atoms with Gasteiger partial charge in [0.15, 0.2) is 0 Å². The predicted octanol–water partition coefficient (Wildman–Crippen LogP) is 4.09. The molecule has 0 amide bonds. The largest absolute Gasteiger partial charge is 0.0678 e. The van der Waals surface area contributed by atoms with Gasteiger partial charge in [-0.05, 0) is 52.4 Å². The highest BCUT2D eigenvalue weighted by molar-refractivity contribution is 7.77. The van der Waals surface area contributed by atoms with E-state index < -0.39 is 0 Å². The first-order chi connectivity index (χ1) is 5.09. The van der Waals surface area contributed by atoms with E-state index in [0.717, 1.165) is 0 Å². The van der Waals surface area contributed by atoms with Crippen LogP contribution in [0.15, 0.2) is 21.8 Å². The van der Waals surface area contributed by atoms with Gasteiger partial charge in [0.2, 0.25) is 0 Å². The Hall–Kier alpha value is -0.0900. The fourth-order valence-electron chi connectivity index (χ4n) is 1.53. The van der Waals surface area contributed by atoms with Crippen molar-refractivity contribution in [1.82, 2.24) is 0 Å². The second kappa shape index (κ2) is 3.11. The lowest BCUT2D eigenvalue weighted by atomic mass is 10.2. The maximum absolute atomic E-state index is 2.30. The molecule has 1 saturated heterocycles. The molecule has 0 nitrogen and oxygen atoms in total. The van der Waals surface area contributed by atoms with E-state index >= 15 is 0 Å². The summed E-state index contributed by atoms with van der Waals surface area (Å²) in [5.74, 6) is 0. The monoisotopic (exact) mass is 168 g/mol. The lowest BCUT2D eigenvalue weighted by Gasteiger charge is -1.83. The lowest BCUT2D eigenvalue weighted by molar-refractivity contribution is 1.35. The third kappa shape index (κ3) is 1.56. The van der Waals surface area contributed by atoms with Crippen LogP contribution in [0.1, 0.15) is 34.6 Å². The highest BCUT2D eigenvalue weighted by Gasteiger charge is 2.36. The zero-order valence-electron chi connectivity index (χ0n) is 8.15. The highest BCUT2D eigenvalue weighted by Crippen LogP contribution is 2.76. The van der Waals surface area contributed by atoms with Gasteiger partial charge in [-0.1, -0.05) is 18.1 Å². The average Bonchev–Trinajstić information content (AvgIpc) is 2.59. The van der Waals surface area contributed by atoms with Crippen molar-refractivity contribution in [3.63, 3.8) is 0 Å². The molecule has 0 bridgehead atoms. The minimum atomic E-state index is 0.205. The molecule has 62 valence electrons. The molecule has 0 aromatic heterocycles. The predicted molar refractivity (Wildman–Crippen MR) is 54.2 cm³/mol. The van der Waals surface area contributed by atoms with Crippen molar-refractivity contribution in [3.05, 3.63) is 21.8 Å². The smallest absolute Gasteiger partial charge is 0.0129 e. The maximum atomic E-state index is 2.30. The Morgan fingerprint density at radius 3 is 1.45 bits per heavy atom. The minimum absolute atomic E-state index is 0.205. The molecule has 1 aliphatic heterocycles. The third-order valence-electron chi connectivity index (χ3n) is 1.98. The Balaban J connectivity index is 2.94. The molecule has 0 aromatic carbocycles. The number of allylic oxidation sites excluding steroid dienone is 4. The summed E-state index contributed by atoms with van der Waals surface area (Å²) in [6.07, 6.45) is 1.34. The molecule has 0 spiro atoms. The minimum Gasteiger partial charge on any atom is -0.0678 e. The molecule has 0 atom stereocenters. The molecule has 0 aromatic rings. The van der Waals surface area contributed by atoms with E-state index in [0.29, 0.717) is 0 Å². The Morgan fingerprint density at radius 1 is 1.00 bits per heavy atom. The van der Waals surface area contributed by atoms with Gasteiger partial charge < -0.3 is 0 Å². The summed E-state index contributed by atoms with van der Waals surface area (Å²) >= 11 is 0. The van der Waals surface area contributed by atoms with Gasteiger partial charge in [-0.3, -0.25) is 0 Å². The molecule has 1 aliphatic rings. The van der Waals surface area contributed by atoms with Crippen molar-refractivity contribution < 1.29 is 0 Å². The molecule has 0 N–H and O–H groups in total. The number of hydrogen-bond donors (Lipinski definition) is 0. The van der Waals surface area contributed by atoms with Crippen LogP contribution in [0.4, 0.5) is 0 Å². The number of rotatable bonds is 1. The van der Waals surface area contributed by atoms with Crippen LogP contribution in [0.25, 0.3) is 0 Å². The van der Waals surface area contributed by atoms with Gasteiger partial charge in [-0.2, -0.15) is 0 Å². The van der Waals surface area contributed by atoms with Gasteiger partial charge in [-0.15, -0.1) is 0 Å². The van der Waals surface area contributed by atoms with Crippen molar-refractivity contribution >= 4 is 7.92 Å². The molecule has 1 fully saturated rings. The summed E-state index contributed by atoms with van der Waals surface area (Å²) in [6, 6.07) is 0. The summed E-state index contributed by atoms with van der Waals surface area (Å²) in [4.78, 5) is 0. The van der Waals surface area contributed by atoms with Gasteiger partial charge >= 0.3 is 0 Å². The van der Waals surface area contributed by atoms with Crippen molar-refractivity contribution in [3.8, 4) is 0 Å². The van der Waals surface area contributed by atoms with Crippen LogP contribution in [-0.2, 0) is 0 Å². The molecule has 11 heavy (non-hydrogen) atoms. The van der Waals surface area contributed by atoms with E-state index in [1.807, 2.05) is 0 Å². The molecule has 1 heteroatoms. The van der Waals surface area contributed by atoms with E-state index in [1.54, 1.807) is 10.6 Å². The summed E-state index contributed by atoms with van der Waals surface area (Å²) in [6.45, 7) is 11.2. The first kappa shape index (κ1) is 9.00. The van der Waals surface area contributed by atoms with Crippen molar-refractivity contribution in [2.24, 2.45) is 0 Å². The molecule has 0 unspecified atom stereocenters. The Labute approximate surface area is 71.1 Å². The lowest BCUT2D eigenvalue weighted by Crippen LogP contribution is -1.62. The van der Waals surface area contributed by atoms with Crippen LogP contribution in [0, 0.1) is 0 Å². The van der Waals surface area contributed by atoms with E-state index in [4.69, 9.17) is 0 Å². The second-order valence-corrected chi connectivity index (χ2v) is 5.82. The zero-order chi connectivity index (χ0) is 8.59. The molecule has 1 heterocycles. The standard InChI is InChI=1S/C10H17P/c1-6-11-9(7(2)3)10(11)8(4)5/h6H2,1-5H3. The van der Waals surface area contributed by atoms with E-state index in [-0.39, 0.29) is 7.92 Å². The fourth-order valence-corrected chi connectivity index (χ4v) is 4.30. The van der Waals surface area contributed by atoms with Gasteiger partial charge in [0.05, 0.1) is 0 Å². The number of hydrogen-bond acceptors (Lipinski definition) is 0. The summed E-state index contributed by atoms with van der Waals surface area (Å²) in [7, 11) is 0.205. The Morgan fingerprint density at radius 2 is 1.36 bits per heavy atom.